The number of carbonyl (C=O) groups is 2. The first kappa shape index (κ1) is 18.4. The van der Waals surface area contributed by atoms with Crippen LogP contribution in [0, 0.1) is 6.92 Å². The van der Waals surface area contributed by atoms with E-state index in [0.29, 0.717) is 13.1 Å². The Labute approximate surface area is 144 Å². The Balaban J connectivity index is 2.01. The lowest BCUT2D eigenvalue weighted by atomic mass is 10.1. The molecule has 2 heterocycles. The van der Waals surface area contributed by atoms with Crippen LogP contribution < -0.4 is 5.32 Å². The number of piperazine rings is 1. The first-order chi connectivity index (χ1) is 11.3. The van der Waals surface area contributed by atoms with Gasteiger partial charge in [0.1, 0.15) is 0 Å². The first-order valence-electron chi connectivity index (χ1n) is 8.63. The molecule has 1 fully saturated rings. The molecule has 1 saturated heterocycles. The van der Waals surface area contributed by atoms with E-state index in [9.17, 15) is 9.59 Å². The van der Waals surface area contributed by atoms with E-state index in [1.54, 1.807) is 11.9 Å². The average molecular weight is 335 g/mol. The van der Waals surface area contributed by atoms with Crippen LogP contribution in [0.1, 0.15) is 38.4 Å². The molecule has 1 aromatic heterocycles. The fourth-order valence-electron chi connectivity index (χ4n) is 3.10. The molecular formula is C17H29N5O2. The smallest absolute Gasteiger partial charge is 0.237 e. The number of nitrogens with one attached hydrogen (secondary N) is 1. The number of hydrogen-bond donors (Lipinski definition) is 1. The highest BCUT2D eigenvalue weighted by molar-refractivity contribution is 5.88. The Morgan fingerprint density at radius 3 is 2.79 bits per heavy atom. The van der Waals surface area contributed by atoms with E-state index in [1.807, 2.05) is 24.7 Å². The molecule has 2 rings (SSSR count). The van der Waals surface area contributed by atoms with Gasteiger partial charge in [-0.15, -0.1) is 0 Å². The summed E-state index contributed by atoms with van der Waals surface area (Å²) in [6.45, 7) is 10.9. The largest absolute Gasteiger partial charge is 0.353 e. The lowest BCUT2D eigenvalue weighted by molar-refractivity contribution is -0.139. The number of rotatable bonds is 6. The van der Waals surface area contributed by atoms with Gasteiger partial charge in [-0.1, -0.05) is 0 Å². The zero-order chi connectivity index (χ0) is 17.9. The molecule has 0 aliphatic carbocycles. The van der Waals surface area contributed by atoms with Gasteiger partial charge in [-0.05, 0) is 27.7 Å². The lowest BCUT2D eigenvalue weighted by Crippen LogP contribution is -2.58. The van der Waals surface area contributed by atoms with Gasteiger partial charge < -0.3 is 10.2 Å². The Bertz CT molecular complexity index is 596. The summed E-state index contributed by atoms with van der Waals surface area (Å²) < 4.78 is 1.87. The molecule has 134 valence electrons. The summed E-state index contributed by atoms with van der Waals surface area (Å²) in [6, 6.07) is -0.141. The molecule has 7 nitrogen and oxygen atoms in total. The molecular weight excluding hydrogens is 306 g/mol. The second-order valence-corrected chi connectivity index (χ2v) is 6.69. The second-order valence-electron chi connectivity index (χ2n) is 6.69. The zero-order valence-electron chi connectivity index (χ0n) is 15.4. The van der Waals surface area contributed by atoms with E-state index in [1.165, 1.54) is 0 Å². The third-order valence-electron chi connectivity index (χ3n) is 4.61. The van der Waals surface area contributed by atoms with Gasteiger partial charge in [0.25, 0.3) is 0 Å². The van der Waals surface area contributed by atoms with Crippen molar-refractivity contribution in [3.63, 3.8) is 0 Å². The number of nitrogens with zero attached hydrogens (tertiary/aromatic N) is 4. The van der Waals surface area contributed by atoms with Crippen LogP contribution in [0.4, 0.5) is 0 Å². The number of hydrogen-bond acceptors (Lipinski definition) is 4. The number of carbonyl (C=O) groups excluding carboxylic acids is 2. The van der Waals surface area contributed by atoms with Crippen LogP contribution in [0.15, 0.2) is 6.20 Å². The Morgan fingerprint density at radius 2 is 2.21 bits per heavy atom. The molecule has 24 heavy (non-hydrogen) atoms. The second kappa shape index (κ2) is 7.79. The summed E-state index contributed by atoms with van der Waals surface area (Å²) in [7, 11) is 1.78. The van der Waals surface area contributed by atoms with Gasteiger partial charge in [0, 0.05) is 51.0 Å². The third-order valence-corrected chi connectivity index (χ3v) is 4.61. The van der Waals surface area contributed by atoms with Crippen molar-refractivity contribution >= 4 is 11.8 Å². The maximum atomic E-state index is 12.6. The monoisotopic (exact) mass is 335 g/mol. The van der Waals surface area contributed by atoms with Crippen molar-refractivity contribution in [1.82, 2.24) is 24.9 Å². The maximum absolute atomic E-state index is 12.6. The standard InChI is InChI=1S/C17H29N5O2/c1-6-21-11-14(13(4)19-21)10-20(5)16(23)9-15-17(24)18-7-8-22(15)12(2)3/h11-12,15H,6-10H2,1-5H3,(H,18,24)/t15-/m0/s1. The van der Waals surface area contributed by atoms with Crippen LogP contribution >= 0.6 is 0 Å². The van der Waals surface area contributed by atoms with Crippen LogP contribution in [0.25, 0.3) is 0 Å². The van der Waals surface area contributed by atoms with Crippen LogP contribution in [0.2, 0.25) is 0 Å². The van der Waals surface area contributed by atoms with Gasteiger partial charge in [0.2, 0.25) is 11.8 Å². The van der Waals surface area contributed by atoms with Crippen LogP contribution in [-0.2, 0) is 22.7 Å². The topological polar surface area (TPSA) is 70.5 Å². The molecule has 0 saturated carbocycles. The quantitative estimate of drug-likeness (QED) is 0.834. The molecule has 0 radical (unpaired) electrons. The summed E-state index contributed by atoms with van der Waals surface area (Å²) in [5.74, 6) is -0.0713. The van der Waals surface area contributed by atoms with E-state index < -0.39 is 0 Å². The molecule has 0 unspecified atom stereocenters. The fraction of sp³-hybridized carbons (Fsp3) is 0.706. The molecule has 0 spiro atoms. The van der Waals surface area contributed by atoms with Gasteiger partial charge in [-0.25, -0.2) is 0 Å². The van der Waals surface area contributed by atoms with Crippen molar-refractivity contribution < 1.29 is 9.59 Å². The van der Waals surface area contributed by atoms with Crippen molar-refractivity contribution in [2.24, 2.45) is 0 Å². The molecule has 1 atom stereocenters. The summed E-state index contributed by atoms with van der Waals surface area (Å²) in [4.78, 5) is 28.6. The van der Waals surface area contributed by atoms with Gasteiger partial charge in [-0.2, -0.15) is 5.10 Å². The van der Waals surface area contributed by atoms with Gasteiger partial charge in [0.15, 0.2) is 0 Å². The maximum Gasteiger partial charge on any atom is 0.237 e. The van der Waals surface area contributed by atoms with Crippen LogP contribution in [0.5, 0.6) is 0 Å². The van der Waals surface area contributed by atoms with Crippen molar-refractivity contribution in [2.75, 3.05) is 20.1 Å². The van der Waals surface area contributed by atoms with E-state index in [2.05, 4.69) is 29.2 Å². The van der Waals surface area contributed by atoms with Crippen molar-refractivity contribution in [2.45, 2.75) is 59.3 Å². The van der Waals surface area contributed by atoms with Crippen LogP contribution in [0.3, 0.4) is 0 Å². The molecule has 1 N–H and O–H groups in total. The normalized spacial score (nSPS) is 18.8. The summed E-state index contributed by atoms with van der Waals surface area (Å²) in [6.07, 6.45) is 2.19. The molecule has 0 bridgehead atoms. The first-order valence-corrected chi connectivity index (χ1v) is 8.63. The summed E-state index contributed by atoms with van der Waals surface area (Å²) in [5.41, 5.74) is 1.98. The minimum absolute atomic E-state index is 0.0219. The van der Waals surface area contributed by atoms with Crippen molar-refractivity contribution in [3.05, 3.63) is 17.5 Å². The predicted molar refractivity (Wildman–Crippen MR) is 92.4 cm³/mol. The molecule has 7 heteroatoms. The molecule has 0 aromatic carbocycles. The number of aryl methyl sites for hydroxylation is 2. The Hall–Kier alpha value is -1.89. The highest BCUT2D eigenvalue weighted by atomic mass is 16.2. The highest BCUT2D eigenvalue weighted by Crippen LogP contribution is 2.15. The third kappa shape index (κ3) is 4.14. The fourth-order valence-corrected chi connectivity index (χ4v) is 3.10. The lowest BCUT2D eigenvalue weighted by Gasteiger charge is -2.38. The minimum Gasteiger partial charge on any atom is -0.353 e. The SMILES string of the molecule is CCn1cc(CN(C)C(=O)C[C@H]2C(=O)NCCN2C(C)C)c(C)n1. The van der Waals surface area contributed by atoms with Gasteiger partial charge >= 0.3 is 0 Å². The summed E-state index contributed by atoms with van der Waals surface area (Å²) in [5, 5.41) is 7.28. The van der Waals surface area contributed by atoms with E-state index in [4.69, 9.17) is 0 Å². The van der Waals surface area contributed by atoms with E-state index in [-0.39, 0.29) is 30.3 Å². The highest BCUT2D eigenvalue weighted by Gasteiger charge is 2.33. The average Bonchev–Trinajstić information content (AvgIpc) is 2.89. The predicted octanol–water partition coefficient (Wildman–Crippen LogP) is 0.769. The van der Waals surface area contributed by atoms with E-state index in [0.717, 1.165) is 24.3 Å². The number of amides is 2. The van der Waals surface area contributed by atoms with Gasteiger partial charge in [-0.3, -0.25) is 19.2 Å². The zero-order valence-corrected chi connectivity index (χ0v) is 15.4. The van der Waals surface area contributed by atoms with Gasteiger partial charge in [0.05, 0.1) is 18.2 Å². The molecule has 1 aliphatic rings. The number of aromatic nitrogens is 2. The Morgan fingerprint density at radius 1 is 1.50 bits per heavy atom. The van der Waals surface area contributed by atoms with Crippen molar-refractivity contribution in [1.29, 1.82) is 0 Å². The molecule has 2 amide bonds. The van der Waals surface area contributed by atoms with Crippen molar-refractivity contribution in [3.8, 4) is 0 Å². The van der Waals surface area contributed by atoms with Crippen LogP contribution in [-0.4, -0.2) is 63.6 Å². The van der Waals surface area contributed by atoms with E-state index >= 15 is 0 Å². The summed E-state index contributed by atoms with van der Waals surface area (Å²) >= 11 is 0. The molecule has 1 aliphatic heterocycles. The Kier molecular flexibility index (Phi) is 5.99. The minimum atomic E-state index is -0.381. The molecule has 1 aromatic rings.